The van der Waals surface area contributed by atoms with E-state index in [9.17, 15) is 4.79 Å². The van der Waals surface area contributed by atoms with Crippen molar-refractivity contribution >= 4 is 16.9 Å². The van der Waals surface area contributed by atoms with Crippen molar-refractivity contribution in [2.75, 3.05) is 0 Å². The van der Waals surface area contributed by atoms with Gasteiger partial charge in [0.25, 0.3) is 5.91 Å². The number of carbonyl (C=O) groups excluding carboxylic acids is 1. The van der Waals surface area contributed by atoms with Gasteiger partial charge in [-0.15, -0.1) is 0 Å². The van der Waals surface area contributed by atoms with Crippen LogP contribution >= 0.6 is 0 Å². The monoisotopic (exact) mass is 302 g/mol. The van der Waals surface area contributed by atoms with Crippen LogP contribution in [0.5, 0.6) is 0 Å². The van der Waals surface area contributed by atoms with Crippen molar-refractivity contribution in [3.05, 3.63) is 23.0 Å². The van der Waals surface area contributed by atoms with Crippen molar-refractivity contribution in [3.63, 3.8) is 0 Å². The van der Waals surface area contributed by atoms with Gasteiger partial charge in [0.1, 0.15) is 0 Å². The standard InChI is InChI=1S/C17H26N4O/c1-7-12(8-2)18-17(22)13-9-14(10(3)4)19-16-15(13)11(5)20-21(16)6/h9-10,12H,7-8H2,1-6H3,(H,18,22). The lowest BCUT2D eigenvalue weighted by atomic mass is 10.0. The van der Waals surface area contributed by atoms with E-state index in [1.807, 2.05) is 20.0 Å². The Bertz CT molecular complexity index is 684. The number of nitrogens with zero attached hydrogens (tertiary/aromatic N) is 3. The molecule has 0 radical (unpaired) electrons. The van der Waals surface area contributed by atoms with E-state index in [2.05, 4.69) is 43.1 Å². The number of fused-ring (bicyclic) bond motifs is 1. The number of rotatable bonds is 5. The average Bonchev–Trinajstić information content (AvgIpc) is 2.78. The molecule has 0 saturated heterocycles. The van der Waals surface area contributed by atoms with Crippen molar-refractivity contribution in [1.82, 2.24) is 20.1 Å². The maximum atomic E-state index is 12.7. The first-order chi connectivity index (χ1) is 10.4. The molecule has 2 aromatic heterocycles. The molecule has 2 heterocycles. The minimum Gasteiger partial charge on any atom is -0.349 e. The van der Waals surface area contributed by atoms with Crippen molar-refractivity contribution in [2.45, 2.75) is 59.4 Å². The highest BCUT2D eigenvalue weighted by Crippen LogP contribution is 2.25. The maximum Gasteiger partial charge on any atom is 0.252 e. The van der Waals surface area contributed by atoms with Crippen LogP contribution in [0.2, 0.25) is 0 Å². The van der Waals surface area contributed by atoms with E-state index in [1.54, 1.807) is 4.68 Å². The predicted octanol–water partition coefficient (Wildman–Crippen LogP) is 3.32. The summed E-state index contributed by atoms with van der Waals surface area (Å²) < 4.78 is 1.75. The molecule has 120 valence electrons. The molecule has 0 atom stereocenters. The van der Waals surface area contributed by atoms with Gasteiger partial charge in [-0.1, -0.05) is 27.7 Å². The lowest BCUT2D eigenvalue weighted by molar-refractivity contribution is 0.0936. The van der Waals surface area contributed by atoms with Gasteiger partial charge in [-0.05, 0) is 31.7 Å². The van der Waals surface area contributed by atoms with Gasteiger partial charge in [0.2, 0.25) is 0 Å². The molecule has 0 aromatic carbocycles. The molecule has 0 spiro atoms. The highest BCUT2D eigenvalue weighted by atomic mass is 16.1. The van der Waals surface area contributed by atoms with Crippen molar-refractivity contribution < 1.29 is 4.79 Å². The summed E-state index contributed by atoms with van der Waals surface area (Å²) in [4.78, 5) is 17.4. The molecule has 22 heavy (non-hydrogen) atoms. The molecular weight excluding hydrogens is 276 g/mol. The van der Waals surface area contributed by atoms with Gasteiger partial charge in [-0.3, -0.25) is 9.48 Å². The molecule has 1 N–H and O–H groups in total. The molecule has 5 nitrogen and oxygen atoms in total. The molecule has 0 fully saturated rings. The number of hydrogen-bond acceptors (Lipinski definition) is 3. The van der Waals surface area contributed by atoms with Gasteiger partial charge in [-0.2, -0.15) is 5.10 Å². The van der Waals surface area contributed by atoms with E-state index in [4.69, 9.17) is 0 Å². The fourth-order valence-corrected chi connectivity index (χ4v) is 2.69. The highest BCUT2D eigenvalue weighted by Gasteiger charge is 2.20. The minimum absolute atomic E-state index is 0.0286. The van der Waals surface area contributed by atoms with Crippen molar-refractivity contribution in [3.8, 4) is 0 Å². The third-order valence-electron chi connectivity index (χ3n) is 4.15. The van der Waals surface area contributed by atoms with Crippen LogP contribution in [0.15, 0.2) is 6.07 Å². The van der Waals surface area contributed by atoms with Gasteiger partial charge in [-0.25, -0.2) is 4.98 Å². The molecule has 0 unspecified atom stereocenters. The maximum absolute atomic E-state index is 12.7. The first-order valence-corrected chi connectivity index (χ1v) is 8.04. The molecule has 0 saturated carbocycles. The van der Waals surface area contributed by atoms with Gasteiger partial charge in [0, 0.05) is 18.8 Å². The molecule has 0 aliphatic carbocycles. The zero-order valence-electron chi connectivity index (χ0n) is 14.4. The molecule has 0 aliphatic heterocycles. The number of hydrogen-bond donors (Lipinski definition) is 1. The van der Waals surface area contributed by atoms with Gasteiger partial charge in [0.15, 0.2) is 5.65 Å². The summed E-state index contributed by atoms with van der Waals surface area (Å²) in [7, 11) is 1.87. The molecule has 2 rings (SSSR count). The Balaban J connectivity index is 2.57. The second-order valence-corrected chi connectivity index (χ2v) is 6.14. The smallest absolute Gasteiger partial charge is 0.252 e. The number of amides is 1. The van der Waals surface area contributed by atoms with Crippen LogP contribution in [-0.2, 0) is 7.05 Å². The number of nitrogens with one attached hydrogen (secondary N) is 1. The summed E-state index contributed by atoms with van der Waals surface area (Å²) in [5.74, 6) is 0.235. The Labute approximate surface area is 132 Å². The first kappa shape index (κ1) is 16.5. The van der Waals surface area contributed by atoms with Crippen LogP contribution < -0.4 is 5.32 Å². The average molecular weight is 302 g/mol. The Kier molecular flexibility index (Phi) is 4.84. The van der Waals surface area contributed by atoms with Crippen molar-refractivity contribution in [1.29, 1.82) is 0 Å². The Morgan fingerprint density at radius 1 is 1.32 bits per heavy atom. The molecule has 1 amide bonds. The van der Waals surface area contributed by atoms with Crippen LogP contribution in [0.4, 0.5) is 0 Å². The topological polar surface area (TPSA) is 59.8 Å². The van der Waals surface area contributed by atoms with Crippen LogP contribution in [0.25, 0.3) is 11.0 Å². The lowest BCUT2D eigenvalue weighted by Crippen LogP contribution is -2.34. The quantitative estimate of drug-likeness (QED) is 0.921. The zero-order chi connectivity index (χ0) is 16.4. The zero-order valence-corrected chi connectivity index (χ0v) is 14.4. The fourth-order valence-electron chi connectivity index (χ4n) is 2.69. The summed E-state index contributed by atoms with van der Waals surface area (Å²) in [6.45, 7) is 10.3. The second kappa shape index (κ2) is 6.46. The van der Waals surface area contributed by atoms with Gasteiger partial charge >= 0.3 is 0 Å². The Hall–Kier alpha value is -1.91. The van der Waals surface area contributed by atoms with E-state index in [-0.39, 0.29) is 17.9 Å². The summed E-state index contributed by atoms with van der Waals surface area (Å²) in [6, 6.07) is 2.12. The van der Waals surface area contributed by atoms with Crippen LogP contribution in [0, 0.1) is 6.92 Å². The second-order valence-electron chi connectivity index (χ2n) is 6.14. The number of aromatic nitrogens is 3. The number of carbonyl (C=O) groups is 1. The molecule has 2 aromatic rings. The lowest BCUT2D eigenvalue weighted by Gasteiger charge is -2.16. The summed E-state index contributed by atoms with van der Waals surface area (Å²) in [6.07, 6.45) is 1.86. The SMILES string of the molecule is CCC(CC)NC(=O)c1cc(C(C)C)nc2c1c(C)nn2C. The van der Waals surface area contributed by atoms with Crippen molar-refractivity contribution in [2.24, 2.45) is 7.05 Å². The summed E-state index contributed by atoms with van der Waals surface area (Å²) in [5.41, 5.74) is 3.23. The molecular formula is C17H26N4O. The van der Waals surface area contributed by atoms with E-state index < -0.39 is 0 Å². The Morgan fingerprint density at radius 3 is 2.50 bits per heavy atom. The number of pyridine rings is 1. The highest BCUT2D eigenvalue weighted by molar-refractivity contribution is 6.06. The molecule has 0 aliphatic rings. The summed E-state index contributed by atoms with van der Waals surface area (Å²) in [5, 5.41) is 8.41. The largest absolute Gasteiger partial charge is 0.349 e. The third-order valence-corrected chi connectivity index (χ3v) is 4.15. The number of aryl methyl sites for hydroxylation is 2. The van der Waals surface area contributed by atoms with Gasteiger partial charge in [0.05, 0.1) is 16.6 Å². The van der Waals surface area contributed by atoms with Crippen LogP contribution in [-0.4, -0.2) is 26.7 Å². The first-order valence-electron chi connectivity index (χ1n) is 8.04. The third kappa shape index (κ3) is 2.98. The van der Waals surface area contributed by atoms with E-state index in [0.29, 0.717) is 5.56 Å². The van der Waals surface area contributed by atoms with E-state index >= 15 is 0 Å². The van der Waals surface area contributed by atoms with E-state index in [0.717, 1.165) is 35.3 Å². The van der Waals surface area contributed by atoms with Gasteiger partial charge < -0.3 is 5.32 Å². The predicted molar refractivity (Wildman–Crippen MR) is 89.2 cm³/mol. The van der Waals surface area contributed by atoms with E-state index in [1.165, 1.54) is 0 Å². The van der Waals surface area contributed by atoms with Crippen LogP contribution in [0.3, 0.4) is 0 Å². The summed E-state index contributed by atoms with van der Waals surface area (Å²) >= 11 is 0. The normalized spacial score (nSPS) is 11.6. The molecule has 0 bridgehead atoms. The van der Waals surface area contributed by atoms with Crippen LogP contribution in [0.1, 0.15) is 68.2 Å². The Morgan fingerprint density at radius 2 is 1.95 bits per heavy atom. The molecule has 5 heteroatoms. The minimum atomic E-state index is -0.0286. The fraction of sp³-hybridized carbons (Fsp3) is 0.588.